The van der Waals surface area contributed by atoms with Crippen molar-refractivity contribution in [3.05, 3.63) is 96.1 Å². The van der Waals surface area contributed by atoms with E-state index in [1.54, 1.807) is 0 Å². The van der Waals surface area contributed by atoms with Crippen LogP contribution in [-0.4, -0.2) is 0 Å². The molecule has 3 rings (SSSR count). The second-order valence-corrected chi connectivity index (χ2v) is 5.65. The third kappa shape index (κ3) is 4.07. The van der Waals surface area contributed by atoms with Crippen molar-refractivity contribution < 1.29 is 0 Å². The van der Waals surface area contributed by atoms with Crippen LogP contribution in [0.25, 0.3) is 11.1 Å². The summed E-state index contributed by atoms with van der Waals surface area (Å²) in [4.78, 5) is 0. The molecule has 23 heavy (non-hydrogen) atoms. The van der Waals surface area contributed by atoms with Gasteiger partial charge in [0.1, 0.15) is 0 Å². The van der Waals surface area contributed by atoms with Gasteiger partial charge in [0.25, 0.3) is 0 Å². The Morgan fingerprint density at radius 3 is 2.09 bits per heavy atom. The Bertz CT molecular complexity index is 723. The summed E-state index contributed by atoms with van der Waals surface area (Å²) in [6.07, 6.45) is 0. The van der Waals surface area contributed by atoms with Gasteiger partial charge < -0.3 is 0 Å². The Kier molecular flexibility index (Phi) is 5.20. The van der Waals surface area contributed by atoms with Gasteiger partial charge in [-0.1, -0.05) is 84.9 Å². The highest BCUT2D eigenvalue weighted by atomic mass is 15.4. The quantitative estimate of drug-likeness (QED) is 0.644. The molecule has 0 spiro atoms. The molecule has 0 aromatic heterocycles. The normalized spacial score (nSPS) is 12.0. The van der Waals surface area contributed by atoms with Gasteiger partial charge in [-0.05, 0) is 29.2 Å². The molecule has 1 atom stereocenters. The maximum absolute atomic E-state index is 3.38. The Balaban J connectivity index is 1.65. The molecule has 2 heteroatoms. The van der Waals surface area contributed by atoms with E-state index in [1.807, 2.05) is 12.1 Å². The smallest absolute Gasteiger partial charge is 0.0434 e. The summed E-state index contributed by atoms with van der Waals surface area (Å²) in [6, 6.07) is 29.7. The van der Waals surface area contributed by atoms with Gasteiger partial charge in [0.2, 0.25) is 0 Å². The van der Waals surface area contributed by atoms with Crippen molar-refractivity contribution in [3.8, 4) is 11.1 Å². The van der Waals surface area contributed by atoms with E-state index in [1.165, 1.54) is 22.3 Å². The van der Waals surface area contributed by atoms with Crippen molar-refractivity contribution in [2.45, 2.75) is 19.5 Å². The highest BCUT2D eigenvalue weighted by molar-refractivity contribution is 5.67. The number of benzene rings is 3. The van der Waals surface area contributed by atoms with Crippen LogP contribution >= 0.6 is 0 Å². The summed E-state index contributed by atoms with van der Waals surface area (Å²) in [6.45, 7) is 2.94. The van der Waals surface area contributed by atoms with Crippen molar-refractivity contribution in [2.24, 2.45) is 0 Å². The average Bonchev–Trinajstić information content (AvgIpc) is 2.63. The highest BCUT2D eigenvalue weighted by Crippen LogP contribution is 2.23. The summed E-state index contributed by atoms with van der Waals surface area (Å²) < 4.78 is 0. The first kappa shape index (κ1) is 15.5. The molecule has 0 bridgehead atoms. The van der Waals surface area contributed by atoms with Crippen LogP contribution in [0, 0.1) is 0 Å². The summed E-state index contributed by atoms with van der Waals surface area (Å²) in [5.41, 5.74) is 11.8. The largest absolute Gasteiger partial charge is 0.253 e. The fourth-order valence-electron chi connectivity index (χ4n) is 2.70. The molecular weight excluding hydrogens is 280 g/mol. The van der Waals surface area contributed by atoms with Gasteiger partial charge in [-0.25, -0.2) is 0 Å². The van der Waals surface area contributed by atoms with Gasteiger partial charge in [0.15, 0.2) is 0 Å². The molecule has 0 aliphatic heterocycles. The maximum Gasteiger partial charge on any atom is 0.0434 e. The molecule has 0 amide bonds. The molecule has 0 radical (unpaired) electrons. The lowest BCUT2D eigenvalue weighted by Crippen LogP contribution is -2.33. The molecule has 0 fully saturated rings. The van der Waals surface area contributed by atoms with Gasteiger partial charge in [0.05, 0.1) is 0 Å². The van der Waals surface area contributed by atoms with Gasteiger partial charge >= 0.3 is 0 Å². The van der Waals surface area contributed by atoms with E-state index >= 15 is 0 Å². The van der Waals surface area contributed by atoms with Crippen LogP contribution in [0.2, 0.25) is 0 Å². The topological polar surface area (TPSA) is 24.1 Å². The Hall–Kier alpha value is -2.42. The van der Waals surface area contributed by atoms with Crippen molar-refractivity contribution in [1.29, 1.82) is 0 Å². The Morgan fingerprint density at radius 2 is 1.35 bits per heavy atom. The first-order chi connectivity index (χ1) is 11.3. The minimum absolute atomic E-state index is 0.264. The van der Waals surface area contributed by atoms with E-state index in [9.17, 15) is 0 Å². The second-order valence-electron chi connectivity index (χ2n) is 5.65. The molecule has 0 aliphatic carbocycles. The van der Waals surface area contributed by atoms with Crippen LogP contribution in [0.1, 0.15) is 24.1 Å². The van der Waals surface area contributed by atoms with E-state index in [0.29, 0.717) is 0 Å². The van der Waals surface area contributed by atoms with Gasteiger partial charge in [-0.2, -0.15) is 0 Å². The van der Waals surface area contributed by atoms with E-state index in [2.05, 4.69) is 90.6 Å². The minimum atomic E-state index is 0.264. The molecule has 116 valence electrons. The molecule has 2 nitrogen and oxygen atoms in total. The summed E-state index contributed by atoms with van der Waals surface area (Å²) in [7, 11) is 0. The third-order valence-corrected chi connectivity index (χ3v) is 4.00. The first-order valence-electron chi connectivity index (χ1n) is 8.01. The molecule has 0 saturated heterocycles. The van der Waals surface area contributed by atoms with Crippen molar-refractivity contribution in [1.82, 2.24) is 10.9 Å². The molecule has 0 heterocycles. The summed E-state index contributed by atoms with van der Waals surface area (Å²) >= 11 is 0. The number of nitrogens with one attached hydrogen (secondary N) is 2. The van der Waals surface area contributed by atoms with Gasteiger partial charge in [-0.3, -0.25) is 10.9 Å². The SMILES string of the molecule is CC(NNCc1ccccc1-c1ccccc1)c1ccccc1. The number of hydrogen-bond acceptors (Lipinski definition) is 2. The molecular formula is C21H22N2. The predicted octanol–water partition coefficient (Wildman–Crippen LogP) is 4.71. The Morgan fingerprint density at radius 1 is 0.739 bits per heavy atom. The zero-order valence-electron chi connectivity index (χ0n) is 13.4. The average molecular weight is 302 g/mol. The molecule has 3 aromatic carbocycles. The molecule has 0 saturated carbocycles. The van der Waals surface area contributed by atoms with Crippen LogP contribution in [0.3, 0.4) is 0 Å². The predicted molar refractivity (Wildman–Crippen MR) is 96.7 cm³/mol. The van der Waals surface area contributed by atoms with Crippen molar-refractivity contribution in [2.75, 3.05) is 0 Å². The minimum Gasteiger partial charge on any atom is -0.253 e. The van der Waals surface area contributed by atoms with Crippen molar-refractivity contribution in [3.63, 3.8) is 0 Å². The van der Waals surface area contributed by atoms with E-state index < -0.39 is 0 Å². The zero-order valence-corrected chi connectivity index (χ0v) is 13.4. The fraction of sp³-hybridized carbons (Fsp3) is 0.143. The second kappa shape index (κ2) is 7.73. The monoisotopic (exact) mass is 302 g/mol. The number of rotatable bonds is 6. The highest BCUT2D eigenvalue weighted by Gasteiger charge is 2.06. The summed E-state index contributed by atoms with van der Waals surface area (Å²) in [5.74, 6) is 0. The van der Waals surface area contributed by atoms with E-state index in [4.69, 9.17) is 0 Å². The molecule has 1 unspecified atom stereocenters. The fourth-order valence-corrected chi connectivity index (χ4v) is 2.70. The van der Waals surface area contributed by atoms with Gasteiger partial charge in [0, 0.05) is 12.6 Å². The van der Waals surface area contributed by atoms with Crippen LogP contribution in [0.15, 0.2) is 84.9 Å². The van der Waals surface area contributed by atoms with E-state index in [0.717, 1.165) is 6.54 Å². The molecule has 0 aliphatic rings. The molecule has 2 N–H and O–H groups in total. The standard InChI is InChI=1S/C21H22N2/c1-17(18-10-4-2-5-11-18)23-22-16-20-14-8-9-15-21(20)19-12-6-3-7-13-19/h2-15,17,22-23H,16H2,1H3. The maximum atomic E-state index is 3.38. The third-order valence-electron chi connectivity index (χ3n) is 4.00. The number of hydrogen-bond donors (Lipinski definition) is 2. The van der Waals surface area contributed by atoms with Crippen LogP contribution < -0.4 is 10.9 Å². The van der Waals surface area contributed by atoms with Crippen molar-refractivity contribution >= 4 is 0 Å². The van der Waals surface area contributed by atoms with Gasteiger partial charge in [-0.15, -0.1) is 0 Å². The molecule has 3 aromatic rings. The lowest BCUT2D eigenvalue weighted by Gasteiger charge is -2.16. The Labute approximate surface area is 138 Å². The zero-order chi connectivity index (χ0) is 15.9. The number of hydrazine groups is 1. The van der Waals surface area contributed by atoms with E-state index in [-0.39, 0.29) is 6.04 Å². The van der Waals surface area contributed by atoms with Crippen LogP contribution in [-0.2, 0) is 6.54 Å². The summed E-state index contributed by atoms with van der Waals surface area (Å²) in [5, 5.41) is 0. The lowest BCUT2D eigenvalue weighted by molar-refractivity contribution is 0.460. The van der Waals surface area contributed by atoms with Crippen LogP contribution in [0.4, 0.5) is 0 Å². The first-order valence-corrected chi connectivity index (χ1v) is 8.01. The lowest BCUT2D eigenvalue weighted by atomic mass is 10.00. The van der Waals surface area contributed by atoms with Crippen LogP contribution in [0.5, 0.6) is 0 Å².